The SMILES string of the molecule is CNCC#CCc1nccn1C. The number of hydrogen-bond acceptors (Lipinski definition) is 2. The minimum absolute atomic E-state index is 0.727. The van der Waals surface area contributed by atoms with Crippen molar-refractivity contribution in [2.24, 2.45) is 7.05 Å². The summed E-state index contributed by atoms with van der Waals surface area (Å²) >= 11 is 0. The normalized spacial score (nSPS) is 9.17. The average molecular weight is 163 g/mol. The maximum Gasteiger partial charge on any atom is 0.120 e. The highest BCUT2D eigenvalue weighted by Gasteiger charge is 1.93. The maximum atomic E-state index is 4.15. The zero-order valence-electron chi connectivity index (χ0n) is 7.46. The van der Waals surface area contributed by atoms with E-state index >= 15 is 0 Å². The highest BCUT2D eigenvalue weighted by Crippen LogP contribution is 1.93. The summed E-state index contributed by atoms with van der Waals surface area (Å²) in [6.45, 7) is 0.740. The van der Waals surface area contributed by atoms with E-state index in [0.29, 0.717) is 0 Å². The van der Waals surface area contributed by atoms with Gasteiger partial charge in [0.25, 0.3) is 0 Å². The lowest BCUT2D eigenvalue weighted by atomic mass is 10.4. The lowest BCUT2D eigenvalue weighted by molar-refractivity contribution is 0.835. The summed E-state index contributed by atoms with van der Waals surface area (Å²) in [5.74, 6) is 7.03. The molecule has 0 unspecified atom stereocenters. The van der Waals surface area contributed by atoms with E-state index in [1.165, 1.54) is 0 Å². The van der Waals surface area contributed by atoms with Gasteiger partial charge in [-0.25, -0.2) is 4.98 Å². The standard InChI is InChI=1S/C9H13N3/c1-10-6-4-3-5-9-11-7-8-12(9)2/h7-8,10H,5-6H2,1-2H3. The van der Waals surface area contributed by atoms with E-state index in [0.717, 1.165) is 18.8 Å². The molecule has 0 bridgehead atoms. The van der Waals surface area contributed by atoms with Gasteiger partial charge in [-0.3, -0.25) is 0 Å². The summed E-state index contributed by atoms with van der Waals surface area (Å²) < 4.78 is 1.98. The van der Waals surface area contributed by atoms with Gasteiger partial charge < -0.3 is 9.88 Å². The molecule has 0 amide bonds. The molecule has 1 rings (SSSR count). The van der Waals surface area contributed by atoms with Crippen LogP contribution >= 0.6 is 0 Å². The molecule has 0 aliphatic heterocycles. The maximum absolute atomic E-state index is 4.15. The molecule has 1 N–H and O–H groups in total. The van der Waals surface area contributed by atoms with Crippen LogP contribution in [0.5, 0.6) is 0 Å². The minimum atomic E-state index is 0.727. The highest BCUT2D eigenvalue weighted by molar-refractivity contribution is 5.08. The van der Waals surface area contributed by atoms with E-state index in [1.54, 1.807) is 6.20 Å². The Kier molecular flexibility index (Phi) is 3.36. The summed E-state index contributed by atoms with van der Waals surface area (Å²) in [6, 6.07) is 0. The van der Waals surface area contributed by atoms with Gasteiger partial charge in [-0.2, -0.15) is 0 Å². The van der Waals surface area contributed by atoms with Crippen LogP contribution in [0, 0.1) is 11.8 Å². The summed E-state index contributed by atoms with van der Waals surface area (Å²) in [4.78, 5) is 4.15. The van der Waals surface area contributed by atoms with Gasteiger partial charge in [-0.1, -0.05) is 11.8 Å². The first-order valence-electron chi connectivity index (χ1n) is 3.91. The van der Waals surface area contributed by atoms with E-state index in [-0.39, 0.29) is 0 Å². The third-order valence-corrected chi connectivity index (χ3v) is 1.56. The Balaban J connectivity index is 2.44. The number of nitrogens with one attached hydrogen (secondary N) is 1. The molecule has 1 aromatic heterocycles. The third kappa shape index (κ3) is 2.40. The van der Waals surface area contributed by atoms with Crippen molar-refractivity contribution in [2.75, 3.05) is 13.6 Å². The highest BCUT2D eigenvalue weighted by atomic mass is 15.0. The Morgan fingerprint density at radius 2 is 2.42 bits per heavy atom. The largest absolute Gasteiger partial charge is 0.337 e. The molecule has 1 aromatic rings. The molecule has 0 aromatic carbocycles. The van der Waals surface area contributed by atoms with Gasteiger partial charge in [0.1, 0.15) is 5.82 Å². The van der Waals surface area contributed by atoms with Gasteiger partial charge in [-0.15, -0.1) is 0 Å². The molecular formula is C9H13N3. The molecule has 0 spiro atoms. The molecule has 0 saturated heterocycles. The molecule has 64 valence electrons. The van der Waals surface area contributed by atoms with Gasteiger partial charge in [0.2, 0.25) is 0 Å². The van der Waals surface area contributed by atoms with Crippen LogP contribution in [0.3, 0.4) is 0 Å². The summed E-state index contributed by atoms with van der Waals surface area (Å²) in [5.41, 5.74) is 0. The number of aryl methyl sites for hydroxylation is 1. The van der Waals surface area contributed by atoms with Crippen molar-refractivity contribution in [3.8, 4) is 11.8 Å². The Morgan fingerprint density at radius 3 is 3.00 bits per heavy atom. The van der Waals surface area contributed by atoms with Crippen LogP contribution in [0.1, 0.15) is 5.82 Å². The summed E-state index contributed by atoms with van der Waals surface area (Å²) in [7, 11) is 3.86. The molecule has 3 nitrogen and oxygen atoms in total. The zero-order chi connectivity index (χ0) is 8.81. The molecule has 0 aliphatic carbocycles. The molecule has 0 fully saturated rings. The predicted molar refractivity (Wildman–Crippen MR) is 48.6 cm³/mol. The fourth-order valence-corrected chi connectivity index (χ4v) is 0.859. The summed E-state index contributed by atoms with van der Waals surface area (Å²) in [6.07, 6.45) is 4.44. The first-order valence-corrected chi connectivity index (χ1v) is 3.91. The van der Waals surface area contributed by atoms with Crippen LogP contribution in [0.4, 0.5) is 0 Å². The lowest BCUT2D eigenvalue weighted by Gasteiger charge is -1.93. The first-order chi connectivity index (χ1) is 5.84. The predicted octanol–water partition coefficient (Wildman–Crippen LogP) is 0.185. The molecule has 0 atom stereocenters. The van der Waals surface area contributed by atoms with Crippen LogP contribution in [0.2, 0.25) is 0 Å². The Labute approximate surface area is 72.8 Å². The fourth-order valence-electron chi connectivity index (χ4n) is 0.859. The number of imidazole rings is 1. The summed E-state index contributed by atoms with van der Waals surface area (Å²) in [5, 5.41) is 2.96. The second-order valence-corrected chi connectivity index (χ2v) is 2.52. The second kappa shape index (κ2) is 4.58. The molecule has 0 aliphatic rings. The number of hydrogen-bond donors (Lipinski definition) is 1. The second-order valence-electron chi connectivity index (χ2n) is 2.52. The quantitative estimate of drug-likeness (QED) is 0.630. The molecule has 0 saturated carbocycles. The van der Waals surface area contributed by atoms with Crippen molar-refractivity contribution in [1.82, 2.24) is 14.9 Å². The van der Waals surface area contributed by atoms with Crippen molar-refractivity contribution < 1.29 is 0 Å². The van der Waals surface area contributed by atoms with E-state index < -0.39 is 0 Å². The molecule has 1 heterocycles. The Hall–Kier alpha value is -1.27. The van der Waals surface area contributed by atoms with Crippen molar-refractivity contribution >= 4 is 0 Å². The van der Waals surface area contributed by atoms with Crippen molar-refractivity contribution in [3.63, 3.8) is 0 Å². The van der Waals surface area contributed by atoms with Crippen LogP contribution in [0.15, 0.2) is 12.4 Å². The molecule has 0 radical (unpaired) electrons. The molecular weight excluding hydrogens is 150 g/mol. The van der Waals surface area contributed by atoms with E-state index in [9.17, 15) is 0 Å². The topological polar surface area (TPSA) is 29.9 Å². The lowest BCUT2D eigenvalue weighted by Crippen LogP contribution is -2.04. The van der Waals surface area contributed by atoms with Gasteiger partial charge in [0, 0.05) is 19.4 Å². The van der Waals surface area contributed by atoms with Gasteiger partial charge in [-0.05, 0) is 7.05 Å². The number of nitrogens with zero attached hydrogens (tertiary/aromatic N) is 2. The first kappa shape index (κ1) is 8.82. The van der Waals surface area contributed by atoms with Gasteiger partial charge >= 0.3 is 0 Å². The van der Waals surface area contributed by atoms with Crippen molar-refractivity contribution in [3.05, 3.63) is 18.2 Å². The fraction of sp³-hybridized carbons (Fsp3) is 0.444. The van der Waals surface area contributed by atoms with Crippen molar-refractivity contribution in [2.45, 2.75) is 6.42 Å². The van der Waals surface area contributed by atoms with E-state index in [2.05, 4.69) is 22.1 Å². The van der Waals surface area contributed by atoms with E-state index in [4.69, 9.17) is 0 Å². The van der Waals surface area contributed by atoms with E-state index in [1.807, 2.05) is 24.9 Å². The Morgan fingerprint density at radius 1 is 1.58 bits per heavy atom. The van der Waals surface area contributed by atoms with Crippen molar-refractivity contribution in [1.29, 1.82) is 0 Å². The molecule has 3 heteroatoms. The van der Waals surface area contributed by atoms with Crippen LogP contribution < -0.4 is 5.32 Å². The third-order valence-electron chi connectivity index (χ3n) is 1.56. The monoisotopic (exact) mass is 163 g/mol. The Bertz CT molecular complexity index is 290. The smallest absolute Gasteiger partial charge is 0.120 e. The van der Waals surface area contributed by atoms with Crippen LogP contribution in [0.25, 0.3) is 0 Å². The van der Waals surface area contributed by atoms with Gasteiger partial charge in [0.15, 0.2) is 0 Å². The average Bonchev–Trinajstić information content (AvgIpc) is 2.46. The van der Waals surface area contributed by atoms with Gasteiger partial charge in [0.05, 0.1) is 13.0 Å². The van der Waals surface area contributed by atoms with Crippen LogP contribution in [-0.4, -0.2) is 23.1 Å². The zero-order valence-corrected chi connectivity index (χ0v) is 7.46. The van der Waals surface area contributed by atoms with Crippen LogP contribution in [-0.2, 0) is 13.5 Å². The minimum Gasteiger partial charge on any atom is -0.337 e. The number of rotatable bonds is 2. The number of aromatic nitrogens is 2. The molecule has 12 heavy (non-hydrogen) atoms.